The first kappa shape index (κ1) is 16.3. The monoisotopic (exact) mass is 404 g/mol. The van der Waals surface area contributed by atoms with Crippen LogP contribution >= 0.6 is 47.3 Å². The van der Waals surface area contributed by atoms with Gasteiger partial charge in [-0.2, -0.15) is 0 Å². The number of aliphatic imine (C=N–C) groups is 1. The summed E-state index contributed by atoms with van der Waals surface area (Å²) < 4.78 is 0. The summed E-state index contributed by atoms with van der Waals surface area (Å²) in [4.78, 5) is 4.39. The van der Waals surface area contributed by atoms with E-state index >= 15 is 0 Å². The van der Waals surface area contributed by atoms with Gasteiger partial charge in [-0.25, -0.2) is 4.99 Å². The van der Waals surface area contributed by atoms with Crippen LogP contribution in [0.2, 0.25) is 5.02 Å². The SMILES string of the molecule is CSC(N)=Nc1ccc(Cl)cc1-c1ccccc1.I. The van der Waals surface area contributed by atoms with Crippen molar-refractivity contribution in [2.24, 2.45) is 10.7 Å². The van der Waals surface area contributed by atoms with Crippen LogP contribution in [-0.2, 0) is 0 Å². The zero-order valence-electron chi connectivity index (χ0n) is 10.3. The molecule has 0 fully saturated rings. The third-order valence-electron chi connectivity index (χ3n) is 2.48. The molecule has 0 aromatic heterocycles. The Balaban J connectivity index is 0.00000180. The summed E-state index contributed by atoms with van der Waals surface area (Å²) in [5.41, 5.74) is 8.66. The Hall–Kier alpha value is -0.720. The van der Waals surface area contributed by atoms with Crippen molar-refractivity contribution in [3.63, 3.8) is 0 Å². The number of hydrogen-bond donors (Lipinski definition) is 1. The molecule has 0 atom stereocenters. The molecule has 2 aromatic rings. The first-order valence-electron chi connectivity index (χ1n) is 5.44. The lowest BCUT2D eigenvalue weighted by Gasteiger charge is -2.07. The molecule has 0 unspecified atom stereocenters. The van der Waals surface area contributed by atoms with Gasteiger partial charge in [0, 0.05) is 10.6 Å². The molecule has 2 rings (SSSR count). The highest BCUT2D eigenvalue weighted by Gasteiger charge is 2.05. The van der Waals surface area contributed by atoms with Gasteiger partial charge < -0.3 is 5.73 Å². The van der Waals surface area contributed by atoms with Crippen molar-refractivity contribution in [3.05, 3.63) is 53.6 Å². The second kappa shape index (κ2) is 7.77. The van der Waals surface area contributed by atoms with E-state index in [0.29, 0.717) is 10.2 Å². The topological polar surface area (TPSA) is 38.4 Å². The first-order valence-corrected chi connectivity index (χ1v) is 7.04. The number of thioether (sulfide) groups is 1. The van der Waals surface area contributed by atoms with Crippen molar-refractivity contribution in [1.82, 2.24) is 0 Å². The standard InChI is InChI=1S/C14H13ClN2S.HI/c1-18-14(16)17-13-8-7-11(15)9-12(13)10-5-3-2-4-6-10;/h2-9H,1H3,(H2,16,17);1H. The molecule has 0 aliphatic carbocycles. The van der Waals surface area contributed by atoms with Gasteiger partial charge in [0.05, 0.1) is 5.69 Å². The Labute approximate surface area is 139 Å². The van der Waals surface area contributed by atoms with Gasteiger partial charge in [-0.3, -0.25) is 0 Å². The minimum atomic E-state index is 0. The van der Waals surface area contributed by atoms with Crippen LogP contribution in [0.3, 0.4) is 0 Å². The second-order valence-corrected chi connectivity index (χ2v) is 4.94. The summed E-state index contributed by atoms with van der Waals surface area (Å²) in [7, 11) is 0. The lowest BCUT2D eigenvalue weighted by Crippen LogP contribution is -2.04. The fraction of sp³-hybridized carbons (Fsp3) is 0.0714. The van der Waals surface area contributed by atoms with Crippen molar-refractivity contribution in [1.29, 1.82) is 0 Å². The fourth-order valence-electron chi connectivity index (χ4n) is 1.62. The van der Waals surface area contributed by atoms with Crippen LogP contribution < -0.4 is 5.73 Å². The van der Waals surface area contributed by atoms with Crippen LogP contribution in [0.25, 0.3) is 11.1 Å². The van der Waals surface area contributed by atoms with Crippen molar-refractivity contribution >= 4 is 58.2 Å². The molecule has 100 valence electrons. The minimum Gasteiger partial charge on any atom is -0.378 e. The molecule has 0 bridgehead atoms. The Morgan fingerprint density at radius 1 is 1.16 bits per heavy atom. The molecule has 0 radical (unpaired) electrons. The van der Waals surface area contributed by atoms with Crippen molar-refractivity contribution in [2.75, 3.05) is 6.26 Å². The molecule has 0 amide bonds. The largest absolute Gasteiger partial charge is 0.378 e. The van der Waals surface area contributed by atoms with E-state index in [-0.39, 0.29) is 24.0 Å². The third-order valence-corrected chi connectivity index (χ3v) is 3.23. The lowest BCUT2D eigenvalue weighted by atomic mass is 10.0. The summed E-state index contributed by atoms with van der Waals surface area (Å²) in [6.45, 7) is 0. The van der Waals surface area contributed by atoms with Crippen LogP contribution in [0.4, 0.5) is 5.69 Å². The van der Waals surface area contributed by atoms with Crippen LogP contribution in [0.5, 0.6) is 0 Å². The van der Waals surface area contributed by atoms with Gasteiger partial charge in [-0.15, -0.1) is 24.0 Å². The number of benzene rings is 2. The van der Waals surface area contributed by atoms with Gasteiger partial charge in [0.25, 0.3) is 0 Å². The smallest absolute Gasteiger partial charge is 0.158 e. The molecule has 0 aliphatic rings. The molecule has 2 nitrogen and oxygen atoms in total. The zero-order chi connectivity index (χ0) is 13.0. The van der Waals surface area contributed by atoms with Gasteiger partial charge in [-0.05, 0) is 30.0 Å². The maximum atomic E-state index is 6.05. The molecule has 0 heterocycles. The van der Waals surface area contributed by atoms with Crippen LogP contribution in [0.1, 0.15) is 0 Å². The van der Waals surface area contributed by atoms with E-state index in [1.165, 1.54) is 11.8 Å². The summed E-state index contributed by atoms with van der Waals surface area (Å²) in [5.74, 6) is 0. The molecule has 2 N–H and O–H groups in total. The van der Waals surface area contributed by atoms with Crippen LogP contribution in [-0.4, -0.2) is 11.4 Å². The van der Waals surface area contributed by atoms with Crippen molar-refractivity contribution in [3.8, 4) is 11.1 Å². The summed E-state index contributed by atoms with van der Waals surface area (Å²) in [5, 5.41) is 1.23. The highest BCUT2D eigenvalue weighted by molar-refractivity contribution is 14.0. The molecular formula is C14H14ClIN2S. The van der Waals surface area contributed by atoms with E-state index in [2.05, 4.69) is 4.99 Å². The fourth-order valence-corrected chi connectivity index (χ4v) is 1.98. The predicted octanol–water partition coefficient (Wildman–Crippen LogP) is 4.93. The number of rotatable bonds is 2. The van der Waals surface area contributed by atoms with Gasteiger partial charge in [0.1, 0.15) is 0 Å². The number of amidine groups is 1. The molecular weight excluding hydrogens is 391 g/mol. The third kappa shape index (κ3) is 4.40. The van der Waals surface area contributed by atoms with E-state index in [0.717, 1.165) is 16.8 Å². The van der Waals surface area contributed by atoms with E-state index in [9.17, 15) is 0 Å². The van der Waals surface area contributed by atoms with Crippen molar-refractivity contribution in [2.45, 2.75) is 0 Å². The molecule has 0 saturated carbocycles. The number of halogens is 2. The quantitative estimate of drug-likeness (QED) is 0.438. The second-order valence-electron chi connectivity index (χ2n) is 3.68. The maximum Gasteiger partial charge on any atom is 0.158 e. The van der Waals surface area contributed by atoms with Gasteiger partial charge in [0.15, 0.2) is 5.17 Å². The highest BCUT2D eigenvalue weighted by Crippen LogP contribution is 2.33. The Morgan fingerprint density at radius 2 is 1.84 bits per heavy atom. The van der Waals surface area contributed by atoms with E-state index < -0.39 is 0 Å². The van der Waals surface area contributed by atoms with Gasteiger partial charge in [0.2, 0.25) is 0 Å². The minimum absolute atomic E-state index is 0. The highest BCUT2D eigenvalue weighted by atomic mass is 127. The number of nitrogens with two attached hydrogens (primary N) is 1. The molecule has 0 spiro atoms. The molecule has 2 aromatic carbocycles. The number of hydrogen-bond acceptors (Lipinski definition) is 2. The van der Waals surface area contributed by atoms with Crippen LogP contribution in [0.15, 0.2) is 53.5 Å². The summed E-state index contributed by atoms with van der Waals surface area (Å²) in [6.07, 6.45) is 1.90. The molecule has 0 aliphatic heterocycles. The number of nitrogens with zero attached hydrogens (tertiary/aromatic N) is 1. The van der Waals surface area contributed by atoms with E-state index in [4.69, 9.17) is 17.3 Å². The maximum absolute atomic E-state index is 6.05. The zero-order valence-corrected chi connectivity index (χ0v) is 14.2. The average Bonchev–Trinajstić information content (AvgIpc) is 2.41. The van der Waals surface area contributed by atoms with E-state index in [1.54, 1.807) is 0 Å². The first-order chi connectivity index (χ1) is 8.70. The average molecular weight is 405 g/mol. The normalized spacial score (nSPS) is 10.9. The van der Waals surface area contributed by atoms with Gasteiger partial charge in [-0.1, -0.05) is 53.7 Å². The Kier molecular flexibility index (Phi) is 6.68. The van der Waals surface area contributed by atoms with Crippen molar-refractivity contribution < 1.29 is 0 Å². The molecule has 0 saturated heterocycles. The molecule has 5 heteroatoms. The Morgan fingerprint density at radius 3 is 2.47 bits per heavy atom. The van der Waals surface area contributed by atoms with Crippen LogP contribution in [0, 0.1) is 0 Å². The van der Waals surface area contributed by atoms with Gasteiger partial charge >= 0.3 is 0 Å². The summed E-state index contributed by atoms with van der Waals surface area (Å²) >= 11 is 7.47. The van der Waals surface area contributed by atoms with E-state index in [1.807, 2.05) is 54.8 Å². The predicted molar refractivity (Wildman–Crippen MR) is 97.1 cm³/mol. The molecule has 19 heavy (non-hydrogen) atoms. The lowest BCUT2D eigenvalue weighted by molar-refractivity contribution is 1.49. The summed E-state index contributed by atoms with van der Waals surface area (Å²) in [6, 6.07) is 15.6. The Bertz CT molecular complexity index is 573.